The molecule has 0 aliphatic carbocycles. The van der Waals surface area contributed by atoms with E-state index >= 15 is 0 Å². The molecule has 0 saturated carbocycles. The fourth-order valence-electron chi connectivity index (χ4n) is 1.86. The largest absolute Gasteiger partial charge is 0.494 e. The Morgan fingerprint density at radius 1 is 1.10 bits per heavy atom. The van der Waals surface area contributed by atoms with Gasteiger partial charge in [-0.2, -0.15) is 18.2 Å². The van der Waals surface area contributed by atoms with Gasteiger partial charge < -0.3 is 16.2 Å². The van der Waals surface area contributed by atoms with Gasteiger partial charge in [0, 0.05) is 5.56 Å². The number of hydrogen-bond donors (Lipinski definition) is 2. The predicted molar refractivity (Wildman–Crippen MR) is 72.5 cm³/mol. The van der Waals surface area contributed by atoms with Crippen molar-refractivity contribution in [2.75, 3.05) is 18.1 Å². The number of benzene rings is 1. The van der Waals surface area contributed by atoms with Gasteiger partial charge in [-0.3, -0.25) is 0 Å². The number of rotatable bonds is 3. The first-order chi connectivity index (χ1) is 9.82. The zero-order chi connectivity index (χ0) is 15.6. The van der Waals surface area contributed by atoms with Gasteiger partial charge in [0.2, 0.25) is 5.95 Å². The Balaban J connectivity index is 2.57. The zero-order valence-electron chi connectivity index (χ0n) is 11.1. The van der Waals surface area contributed by atoms with Crippen molar-refractivity contribution in [3.8, 4) is 17.0 Å². The number of nitrogens with zero attached hydrogens (tertiary/aromatic N) is 2. The molecular formula is C13H13F3N4O. The minimum absolute atomic E-state index is 0.228. The standard InChI is InChI=1S/C13H13F3N4O/c1-2-21-8-5-3-7(4-6-8)10-9(13(14,15)16)11(17)20-12(18)19-10/h3-6H,2H2,1H3,(H4,17,18,19,20). The number of nitrogen functional groups attached to an aromatic ring is 2. The van der Waals surface area contributed by atoms with E-state index in [1.807, 2.05) is 6.92 Å². The van der Waals surface area contributed by atoms with Crippen LogP contribution < -0.4 is 16.2 Å². The van der Waals surface area contributed by atoms with E-state index in [1.165, 1.54) is 12.1 Å². The lowest BCUT2D eigenvalue weighted by Crippen LogP contribution is -2.15. The molecule has 0 saturated heterocycles. The number of anilines is 2. The van der Waals surface area contributed by atoms with Crippen molar-refractivity contribution < 1.29 is 17.9 Å². The quantitative estimate of drug-likeness (QED) is 0.909. The van der Waals surface area contributed by atoms with Crippen molar-refractivity contribution in [2.24, 2.45) is 0 Å². The van der Waals surface area contributed by atoms with E-state index < -0.39 is 17.6 Å². The average molecular weight is 298 g/mol. The Morgan fingerprint density at radius 3 is 2.24 bits per heavy atom. The summed E-state index contributed by atoms with van der Waals surface area (Å²) in [6.07, 6.45) is -4.67. The molecular weight excluding hydrogens is 285 g/mol. The van der Waals surface area contributed by atoms with E-state index in [4.69, 9.17) is 16.2 Å². The summed E-state index contributed by atoms with van der Waals surface area (Å²) >= 11 is 0. The molecule has 5 nitrogen and oxygen atoms in total. The Bertz CT molecular complexity index is 641. The van der Waals surface area contributed by atoms with Crippen LogP contribution in [0.3, 0.4) is 0 Å². The molecule has 0 spiro atoms. The number of ether oxygens (including phenoxy) is 1. The van der Waals surface area contributed by atoms with E-state index in [0.29, 0.717) is 12.4 Å². The molecule has 1 aromatic carbocycles. The summed E-state index contributed by atoms with van der Waals surface area (Å²) in [4.78, 5) is 7.05. The number of alkyl halides is 3. The minimum Gasteiger partial charge on any atom is -0.494 e. The van der Waals surface area contributed by atoms with Gasteiger partial charge in [-0.05, 0) is 31.2 Å². The highest BCUT2D eigenvalue weighted by Crippen LogP contribution is 2.39. The third-order valence-corrected chi connectivity index (χ3v) is 2.68. The SMILES string of the molecule is CCOc1ccc(-c2nc(N)nc(N)c2C(F)(F)F)cc1. The van der Waals surface area contributed by atoms with Gasteiger partial charge in [0.1, 0.15) is 17.1 Å². The van der Waals surface area contributed by atoms with Crippen LogP contribution in [-0.4, -0.2) is 16.6 Å². The first kappa shape index (κ1) is 14.9. The lowest BCUT2D eigenvalue weighted by atomic mass is 10.1. The van der Waals surface area contributed by atoms with Gasteiger partial charge in [0.25, 0.3) is 0 Å². The molecule has 8 heteroatoms. The van der Waals surface area contributed by atoms with Crippen molar-refractivity contribution in [3.63, 3.8) is 0 Å². The summed E-state index contributed by atoms with van der Waals surface area (Å²) in [5.41, 5.74) is 9.52. The second-order valence-electron chi connectivity index (χ2n) is 4.15. The topological polar surface area (TPSA) is 87.0 Å². The molecule has 0 fully saturated rings. The molecule has 112 valence electrons. The highest BCUT2D eigenvalue weighted by atomic mass is 19.4. The average Bonchev–Trinajstić information content (AvgIpc) is 2.37. The van der Waals surface area contributed by atoms with Crippen LogP contribution in [0, 0.1) is 0 Å². The fourth-order valence-corrected chi connectivity index (χ4v) is 1.86. The molecule has 2 rings (SSSR count). The van der Waals surface area contributed by atoms with Crippen molar-refractivity contribution >= 4 is 11.8 Å². The molecule has 1 aromatic heterocycles. The number of halogens is 3. The van der Waals surface area contributed by atoms with Crippen LogP contribution in [-0.2, 0) is 6.18 Å². The summed E-state index contributed by atoms with van der Waals surface area (Å²) in [6.45, 7) is 2.27. The molecule has 0 atom stereocenters. The van der Waals surface area contributed by atoms with Gasteiger partial charge in [-0.1, -0.05) is 0 Å². The summed E-state index contributed by atoms with van der Waals surface area (Å²) in [6, 6.07) is 6.02. The molecule has 1 heterocycles. The second kappa shape index (κ2) is 5.47. The lowest BCUT2D eigenvalue weighted by Gasteiger charge is -2.14. The number of hydrogen-bond acceptors (Lipinski definition) is 5. The van der Waals surface area contributed by atoms with Crippen LogP contribution in [0.4, 0.5) is 24.9 Å². The van der Waals surface area contributed by atoms with E-state index in [9.17, 15) is 13.2 Å². The van der Waals surface area contributed by atoms with Crippen LogP contribution in [0.5, 0.6) is 5.75 Å². The van der Waals surface area contributed by atoms with Crippen molar-refractivity contribution in [1.82, 2.24) is 9.97 Å². The zero-order valence-corrected chi connectivity index (χ0v) is 11.1. The lowest BCUT2D eigenvalue weighted by molar-refractivity contribution is -0.136. The number of nitrogens with two attached hydrogens (primary N) is 2. The van der Waals surface area contributed by atoms with Gasteiger partial charge in [0.15, 0.2) is 0 Å². The molecule has 0 bridgehead atoms. The van der Waals surface area contributed by atoms with Crippen molar-refractivity contribution in [3.05, 3.63) is 29.8 Å². The molecule has 0 amide bonds. The monoisotopic (exact) mass is 298 g/mol. The molecule has 21 heavy (non-hydrogen) atoms. The minimum atomic E-state index is -4.67. The van der Waals surface area contributed by atoms with E-state index in [1.54, 1.807) is 12.1 Å². The van der Waals surface area contributed by atoms with Crippen molar-refractivity contribution in [1.29, 1.82) is 0 Å². The Kier molecular flexibility index (Phi) is 3.88. The van der Waals surface area contributed by atoms with Gasteiger partial charge in [-0.25, -0.2) is 4.98 Å². The van der Waals surface area contributed by atoms with Gasteiger partial charge >= 0.3 is 6.18 Å². The second-order valence-corrected chi connectivity index (χ2v) is 4.15. The maximum absolute atomic E-state index is 13.1. The number of aromatic nitrogens is 2. The molecule has 0 aliphatic rings. The smallest absolute Gasteiger partial charge is 0.422 e. The molecule has 4 N–H and O–H groups in total. The first-order valence-electron chi connectivity index (χ1n) is 6.06. The fraction of sp³-hybridized carbons (Fsp3) is 0.231. The Hall–Kier alpha value is -2.51. The van der Waals surface area contributed by atoms with Crippen LogP contribution in [0.2, 0.25) is 0 Å². The molecule has 2 aromatic rings. The Labute approximate surface area is 118 Å². The summed E-state index contributed by atoms with van der Waals surface area (Å²) in [5, 5.41) is 0. The predicted octanol–water partition coefficient (Wildman–Crippen LogP) is 2.73. The first-order valence-corrected chi connectivity index (χ1v) is 6.06. The normalized spacial score (nSPS) is 11.4. The summed E-state index contributed by atoms with van der Waals surface area (Å²) < 4.78 is 44.5. The summed E-state index contributed by atoms with van der Waals surface area (Å²) in [5.74, 6) is -0.465. The maximum Gasteiger partial charge on any atom is 0.422 e. The summed E-state index contributed by atoms with van der Waals surface area (Å²) in [7, 11) is 0. The van der Waals surface area contributed by atoms with Crippen LogP contribution >= 0.6 is 0 Å². The molecule has 0 radical (unpaired) electrons. The molecule has 0 unspecified atom stereocenters. The third-order valence-electron chi connectivity index (χ3n) is 2.68. The van der Waals surface area contributed by atoms with E-state index in [-0.39, 0.29) is 17.2 Å². The van der Waals surface area contributed by atoms with Crippen LogP contribution in [0.25, 0.3) is 11.3 Å². The van der Waals surface area contributed by atoms with E-state index in [2.05, 4.69) is 9.97 Å². The highest BCUT2D eigenvalue weighted by molar-refractivity contribution is 5.70. The van der Waals surface area contributed by atoms with E-state index in [0.717, 1.165) is 0 Å². The van der Waals surface area contributed by atoms with Crippen molar-refractivity contribution in [2.45, 2.75) is 13.1 Å². The van der Waals surface area contributed by atoms with Crippen LogP contribution in [0.1, 0.15) is 12.5 Å². The maximum atomic E-state index is 13.1. The van der Waals surface area contributed by atoms with Gasteiger partial charge in [0.05, 0.1) is 12.3 Å². The van der Waals surface area contributed by atoms with Crippen LogP contribution in [0.15, 0.2) is 24.3 Å². The highest BCUT2D eigenvalue weighted by Gasteiger charge is 2.38. The van der Waals surface area contributed by atoms with Gasteiger partial charge in [-0.15, -0.1) is 0 Å². The molecule has 0 aliphatic heterocycles. The third kappa shape index (κ3) is 3.15. The Morgan fingerprint density at radius 2 is 1.71 bits per heavy atom.